The van der Waals surface area contributed by atoms with Crippen molar-refractivity contribution in [1.29, 1.82) is 0 Å². The normalized spacial score (nSPS) is 24.7. The van der Waals surface area contributed by atoms with Crippen molar-refractivity contribution in [1.82, 2.24) is 19.6 Å². The van der Waals surface area contributed by atoms with E-state index in [2.05, 4.69) is 68.2 Å². The van der Waals surface area contributed by atoms with Crippen molar-refractivity contribution in [3.63, 3.8) is 0 Å². The van der Waals surface area contributed by atoms with Crippen LogP contribution in [0, 0.1) is 16.7 Å². The molecule has 3 fully saturated rings. The molecule has 10 nitrogen and oxygen atoms in total. The van der Waals surface area contributed by atoms with Crippen LogP contribution in [0.15, 0.2) is 72.8 Å². The number of rotatable bonds is 16. The maximum atomic E-state index is 13.5. The lowest BCUT2D eigenvalue weighted by Gasteiger charge is -2.39. The highest BCUT2D eigenvalue weighted by molar-refractivity contribution is 5.82. The highest BCUT2D eigenvalue weighted by Crippen LogP contribution is 2.57. The van der Waals surface area contributed by atoms with Gasteiger partial charge in [0.1, 0.15) is 25.4 Å². The second kappa shape index (κ2) is 19.1. The molecule has 2 aliphatic heterocycles. The standard InChI is InChI=1S/C42H60N4O6/c1-41(2)38(39(49)51-32-36(47)30-45-26-22-43(23-27-45)20-10-16-34-12-6-4-7-13-34)18-19-42(41,3)40(50)52-33-37(48)31-46-28-24-44(25-29-46)21-11-17-35-14-8-5-9-15-35/h4-17,36-38,47-48H,18-33H2,1-3H3/b16-10-,17-11-/t36-,37-,38+,42+/m1/s1. The molecule has 0 unspecified atom stereocenters. The van der Waals surface area contributed by atoms with Crippen LogP contribution in [-0.2, 0) is 19.1 Å². The molecule has 52 heavy (non-hydrogen) atoms. The van der Waals surface area contributed by atoms with Gasteiger partial charge in [-0.2, -0.15) is 0 Å². The number of esters is 2. The Morgan fingerprint density at radius 2 is 1.12 bits per heavy atom. The van der Waals surface area contributed by atoms with Gasteiger partial charge in [-0.3, -0.25) is 29.2 Å². The summed E-state index contributed by atoms with van der Waals surface area (Å²) in [5, 5.41) is 21.5. The summed E-state index contributed by atoms with van der Waals surface area (Å²) >= 11 is 0. The first-order valence-electron chi connectivity index (χ1n) is 19.1. The van der Waals surface area contributed by atoms with E-state index in [1.165, 1.54) is 11.1 Å². The van der Waals surface area contributed by atoms with Crippen molar-refractivity contribution in [2.24, 2.45) is 16.7 Å². The summed E-state index contributed by atoms with van der Waals surface area (Å²) < 4.78 is 11.4. The maximum absolute atomic E-state index is 13.5. The van der Waals surface area contributed by atoms with Gasteiger partial charge in [-0.15, -0.1) is 0 Å². The largest absolute Gasteiger partial charge is 0.463 e. The van der Waals surface area contributed by atoms with E-state index in [9.17, 15) is 19.8 Å². The van der Waals surface area contributed by atoms with Gasteiger partial charge in [0.05, 0.1) is 11.3 Å². The predicted molar refractivity (Wildman–Crippen MR) is 205 cm³/mol. The Morgan fingerprint density at radius 3 is 1.58 bits per heavy atom. The predicted octanol–water partition coefficient (Wildman–Crippen LogP) is 3.90. The Hall–Kier alpha value is -3.38. The van der Waals surface area contributed by atoms with E-state index in [0.717, 1.165) is 65.4 Å². The van der Waals surface area contributed by atoms with Crippen LogP contribution in [0.3, 0.4) is 0 Å². The van der Waals surface area contributed by atoms with Crippen LogP contribution < -0.4 is 0 Å². The molecule has 3 aliphatic rings. The molecule has 2 aromatic rings. The number of aliphatic hydroxyl groups is 2. The molecule has 2 aromatic carbocycles. The van der Waals surface area contributed by atoms with E-state index in [4.69, 9.17) is 9.47 Å². The number of hydrogen-bond acceptors (Lipinski definition) is 10. The second-order valence-corrected chi connectivity index (χ2v) is 15.5. The lowest BCUT2D eigenvalue weighted by Crippen LogP contribution is -2.49. The van der Waals surface area contributed by atoms with Crippen molar-refractivity contribution in [2.45, 2.75) is 45.8 Å². The van der Waals surface area contributed by atoms with Crippen LogP contribution in [0.2, 0.25) is 0 Å². The second-order valence-electron chi connectivity index (χ2n) is 15.5. The van der Waals surface area contributed by atoms with Gasteiger partial charge < -0.3 is 19.7 Å². The minimum atomic E-state index is -0.899. The van der Waals surface area contributed by atoms with Crippen molar-refractivity contribution in [2.75, 3.05) is 91.8 Å². The zero-order valence-electron chi connectivity index (χ0n) is 31.4. The Balaban J connectivity index is 0.966. The molecular weight excluding hydrogens is 656 g/mol. The summed E-state index contributed by atoms with van der Waals surface area (Å²) in [5.41, 5.74) is 0.774. The number of ether oxygens (including phenoxy) is 2. The van der Waals surface area contributed by atoms with Crippen LogP contribution in [0.1, 0.15) is 44.7 Å². The van der Waals surface area contributed by atoms with Crippen molar-refractivity contribution >= 4 is 24.1 Å². The van der Waals surface area contributed by atoms with E-state index >= 15 is 0 Å². The molecule has 2 N–H and O–H groups in total. The van der Waals surface area contributed by atoms with E-state index in [1.807, 2.05) is 57.2 Å². The molecule has 0 radical (unpaired) electrons. The molecular formula is C42H60N4O6. The smallest absolute Gasteiger partial charge is 0.312 e. The average molecular weight is 717 g/mol. The lowest BCUT2D eigenvalue weighted by molar-refractivity contribution is -0.168. The highest BCUT2D eigenvalue weighted by Gasteiger charge is 2.59. The van der Waals surface area contributed by atoms with E-state index in [1.54, 1.807) is 0 Å². The first-order chi connectivity index (χ1) is 25.0. The quantitative estimate of drug-likeness (QED) is 0.249. The zero-order chi connectivity index (χ0) is 37.0. The molecule has 1 saturated carbocycles. The van der Waals surface area contributed by atoms with Gasteiger partial charge in [0.15, 0.2) is 0 Å². The molecule has 10 heteroatoms. The van der Waals surface area contributed by atoms with Gasteiger partial charge >= 0.3 is 11.9 Å². The summed E-state index contributed by atoms with van der Waals surface area (Å²) in [4.78, 5) is 36.0. The molecule has 0 aromatic heterocycles. The third-order valence-corrected chi connectivity index (χ3v) is 11.6. The fraction of sp³-hybridized carbons (Fsp3) is 0.571. The van der Waals surface area contributed by atoms with Crippen LogP contribution in [0.4, 0.5) is 0 Å². The number of nitrogens with zero attached hydrogens (tertiary/aromatic N) is 4. The van der Waals surface area contributed by atoms with Gasteiger partial charge in [-0.25, -0.2) is 0 Å². The number of hydrogen-bond donors (Lipinski definition) is 2. The van der Waals surface area contributed by atoms with Crippen LogP contribution in [-0.4, -0.2) is 146 Å². The summed E-state index contributed by atoms with van der Waals surface area (Å²) in [5.74, 6) is -1.27. The average Bonchev–Trinajstić information content (AvgIpc) is 3.40. The molecule has 5 rings (SSSR count). The molecule has 0 amide bonds. The summed E-state index contributed by atoms with van der Waals surface area (Å²) in [6, 6.07) is 20.5. The first kappa shape index (κ1) is 39.8. The molecule has 2 saturated heterocycles. The molecule has 4 atom stereocenters. The number of β-amino-alcohol motifs (C(OH)–C–C–N with tert-alkyl or cyclic N) is 2. The van der Waals surface area contributed by atoms with Crippen LogP contribution >= 0.6 is 0 Å². The fourth-order valence-corrected chi connectivity index (χ4v) is 7.70. The molecule has 2 heterocycles. The summed E-state index contributed by atoms with van der Waals surface area (Å²) in [6.45, 7) is 15.3. The van der Waals surface area contributed by atoms with E-state index in [0.29, 0.717) is 25.9 Å². The topological polar surface area (TPSA) is 106 Å². The minimum Gasteiger partial charge on any atom is -0.463 e. The van der Waals surface area contributed by atoms with Gasteiger partial charge in [0, 0.05) is 78.5 Å². The first-order valence-corrected chi connectivity index (χ1v) is 19.1. The monoisotopic (exact) mass is 716 g/mol. The summed E-state index contributed by atoms with van der Waals surface area (Å²) in [6.07, 6.45) is 8.08. The van der Waals surface area contributed by atoms with Crippen molar-refractivity contribution in [3.05, 3.63) is 83.9 Å². The zero-order valence-corrected chi connectivity index (χ0v) is 31.4. The number of aliphatic hydroxyl groups excluding tert-OH is 2. The molecule has 0 bridgehead atoms. The maximum Gasteiger partial charge on any atom is 0.312 e. The van der Waals surface area contributed by atoms with Gasteiger partial charge in [-0.1, -0.05) is 98.8 Å². The fourth-order valence-electron chi connectivity index (χ4n) is 7.70. The number of carbonyl (C=O) groups excluding carboxylic acids is 2. The van der Waals surface area contributed by atoms with Crippen LogP contribution in [0.5, 0.6) is 0 Å². The minimum absolute atomic E-state index is 0.0720. The van der Waals surface area contributed by atoms with E-state index in [-0.39, 0.29) is 19.2 Å². The highest BCUT2D eigenvalue weighted by atomic mass is 16.5. The molecule has 284 valence electrons. The Bertz CT molecular complexity index is 1450. The van der Waals surface area contributed by atoms with Gasteiger partial charge in [-0.05, 0) is 36.3 Å². The third-order valence-electron chi connectivity index (χ3n) is 11.6. The van der Waals surface area contributed by atoms with Crippen LogP contribution in [0.25, 0.3) is 12.2 Å². The Kier molecular flexibility index (Phi) is 14.6. The number of benzene rings is 2. The van der Waals surface area contributed by atoms with Gasteiger partial charge in [0.2, 0.25) is 0 Å². The van der Waals surface area contributed by atoms with Crippen molar-refractivity contribution < 1.29 is 29.3 Å². The van der Waals surface area contributed by atoms with Crippen molar-refractivity contribution in [3.8, 4) is 0 Å². The van der Waals surface area contributed by atoms with Gasteiger partial charge in [0.25, 0.3) is 0 Å². The lowest BCUT2D eigenvalue weighted by atomic mass is 9.65. The molecule has 1 aliphatic carbocycles. The number of carbonyl (C=O) groups is 2. The van der Waals surface area contributed by atoms with E-state index < -0.39 is 34.9 Å². The molecule has 0 spiro atoms. The summed E-state index contributed by atoms with van der Waals surface area (Å²) in [7, 11) is 0. The Labute approximate surface area is 310 Å². The SMILES string of the molecule is CC1(C)[C@H](C(=O)OC[C@H](O)CN2CCN(C/C=C\c3ccccc3)CC2)CC[C@@]1(C)C(=O)OC[C@H](O)CN1CCN(C/C=C\c2ccccc2)CC1. The number of piperazine rings is 2. The third kappa shape index (κ3) is 11.1. The Morgan fingerprint density at radius 1 is 0.692 bits per heavy atom.